The topological polar surface area (TPSA) is 96.9 Å². The lowest BCUT2D eigenvalue weighted by Crippen LogP contribution is -2.43. The number of carbonyl (C=O) groups excluding carboxylic acids is 1. The molecule has 1 fully saturated rings. The lowest BCUT2D eigenvalue weighted by atomic mass is 10.00. The number of fused-ring (bicyclic) bond motifs is 1. The highest BCUT2D eigenvalue weighted by molar-refractivity contribution is 6.30. The van der Waals surface area contributed by atoms with E-state index in [0.717, 1.165) is 24.0 Å². The molecule has 10 heteroatoms. The fraction of sp³-hybridized carbons (Fsp3) is 0.360. The maximum Gasteiger partial charge on any atom is 0.318 e. The van der Waals surface area contributed by atoms with Crippen molar-refractivity contribution in [1.82, 2.24) is 25.0 Å². The number of amides is 2. The minimum absolute atomic E-state index is 0.175. The Kier molecular flexibility index (Phi) is 6.57. The van der Waals surface area contributed by atoms with Gasteiger partial charge in [-0.2, -0.15) is 0 Å². The zero-order chi connectivity index (χ0) is 24.4. The zero-order valence-corrected chi connectivity index (χ0v) is 19.8. The number of likely N-dealkylation sites (tertiary alicyclic amines) is 1. The average molecular weight is 493 g/mol. The molecule has 5 rings (SSSR count). The van der Waals surface area contributed by atoms with Crippen LogP contribution in [0.25, 0.3) is 4.85 Å². The number of carbonyl (C=O) groups is 1. The third-order valence-electron chi connectivity index (χ3n) is 6.53. The molecule has 2 aliphatic heterocycles. The Morgan fingerprint density at radius 3 is 2.83 bits per heavy atom. The summed E-state index contributed by atoms with van der Waals surface area (Å²) < 4.78 is 7.61. The fourth-order valence-corrected chi connectivity index (χ4v) is 4.89. The van der Waals surface area contributed by atoms with Crippen LogP contribution >= 0.6 is 11.6 Å². The van der Waals surface area contributed by atoms with Crippen molar-refractivity contribution >= 4 is 23.3 Å². The summed E-state index contributed by atoms with van der Waals surface area (Å²) in [6, 6.07) is 12.2. The molecule has 1 saturated heterocycles. The van der Waals surface area contributed by atoms with E-state index >= 15 is 0 Å². The molecule has 35 heavy (non-hydrogen) atoms. The molecule has 2 N–H and O–H groups in total. The van der Waals surface area contributed by atoms with Crippen LogP contribution in [0.15, 0.2) is 42.5 Å². The van der Waals surface area contributed by atoms with Gasteiger partial charge < -0.3 is 24.6 Å². The van der Waals surface area contributed by atoms with Gasteiger partial charge in [0.2, 0.25) is 0 Å². The molecule has 2 atom stereocenters. The molecule has 3 aromatic rings. The summed E-state index contributed by atoms with van der Waals surface area (Å²) >= 11 is 6.02. The van der Waals surface area contributed by atoms with E-state index in [2.05, 4.69) is 20.4 Å². The molecular weight excluding hydrogens is 468 g/mol. The second-order valence-corrected chi connectivity index (χ2v) is 9.11. The van der Waals surface area contributed by atoms with E-state index in [1.807, 2.05) is 34.9 Å². The Balaban J connectivity index is 1.37. The van der Waals surface area contributed by atoms with Crippen LogP contribution in [0.4, 0.5) is 10.5 Å². The fourth-order valence-electron chi connectivity index (χ4n) is 4.77. The van der Waals surface area contributed by atoms with Crippen LogP contribution in [-0.4, -0.2) is 44.0 Å². The molecule has 2 aromatic carbocycles. The van der Waals surface area contributed by atoms with Crippen molar-refractivity contribution in [1.29, 1.82) is 0 Å². The number of urea groups is 1. The lowest BCUT2D eigenvalue weighted by Gasteiger charge is -2.31. The largest absolute Gasteiger partial charge is 0.494 e. The van der Waals surface area contributed by atoms with Gasteiger partial charge in [-0.25, -0.2) is 9.64 Å². The first-order valence-electron chi connectivity index (χ1n) is 11.6. The summed E-state index contributed by atoms with van der Waals surface area (Å²) in [6.07, 6.45) is 2.26. The van der Waals surface area contributed by atoms with Crippen LogP contribution < -0.4 is 10.1 Å². The number of aliphatic hydroxyl groups is 1. The second-order valence-electron chi connectivity index (χ2n) is 8.67. The van der Waals surface area contributed by atoms with E-state index in [4.69, 9.17) is 22.9 Å². The van der Waals surface area contributed by atoms with Crippen molar-refractivity contribution in [2.75, 3.05) is 13.2 Å². The smallest absolute Gasteiger partial charge is 0.318 e. The average Bonchev–Trinajstić information content (AvgIpc) is 3.52. The number of nitrogens with zero attached hydrogens (tertiary/aromatic N) is 5. The molecule has 1 aromatic heterocycles. The van der Waals surface area contributed by atoms with Crippen molar-refractivity contribution in [3.8, 4) is 5.75 Å². The predicted molar refractivity (Wildman–Crippen MR) is 129 cm³/mol. The summed E-state index contributed by atoms with van der Waals surface area (Å²) in [5.41, 5.74) is 2.38. The van der Waals surface area contributed by atoms with E-state index in [0.29, 0.717) is 54.2 Å². The third-order valence-corrected chi connectivity index (χ3v) is 6.78. The van der Waals surface area contributed by atoms with Crippen LogP contribution in [0.2, 0.25) is 5.02 Å². The number of rotatable bonds is 5. The number of aromatic nitrogens is 3. The van der Waals surface area contributed by atoms with Gasteiger partial charge in [-0.3, -0.25) is 0 Å². The molecule has 3 heterocycles. The van der Waals surface area contributed by atoms with Gasteiger partial charge in [-0.05, 0) is 36.6 Å². The van der Waals surface area contributed by atoms with Crippen molar-refractivity contribution in [3.63, 3.8) is 0 Å². The SMILES string of the molecule is [C-]#[N+]c1ccc2c(c1)OCC[C@@H]2NC(=O)N1CCC[C@@H]1c1nnc(CO)n1Cc1ccc(Cl)cc1. The van der Waals surface area contributed by atoms with Crippen LogP contribution in [-0.2, 0) is 13.2 Å². The Morgan fingerprint density at radius 2 is 2.06 bits per heavy atom. The molecule has 0 unspecified atom stereocenters. The first-order valence-corrected chi connectivity index (χ1v) is 11.9. The van der Waals surface area contributed by atoms with Crippen LogP contribution in [0.3, 0.4) is 0 Å². The summed E-state index contributed by atoms with van der Waals surface area (Å²) in [4.78, 5) is 18.7. The molecule has 9 nitrogen and oxygen atoms in total. The highest BCUT2D eigenvalue weighted by Crippen LogP contribution is 2.36. The summed E-state index contributed by atoms with van der Waals surface area (Å²) in [7, 11) is 0. The molecular formula is C25H25ClN6O3. The second kappa shape index (κ2) is 9.94. The molecule has 0 aliphatic carbocycles. The molecule has 2 aliphatic rings. The maximum atomic E-state index is 13.4. The van der Waals surface area contributed by atoms with Crippen molar-refractivity contribution in [2.45, 2.75) is 44.5 Å². The van der Waals surface area contributed by atoms with E-state index in [1.165, 1.54) is 0 Å². The molecule has 0 radical (unpaired) electrons. The highest BCUT2D eigenvalue weighted by Gasteiger charge is 2.36. The van der Waals surface area contributed by atoms with Gasteiger partial charge in [-0.1, -0.05) is 35.9 Å². The normalized spacial score (nSPS) is 19.1. The quantitative estimate of drug-likeness (QED) is 0.515. The number of hydrogen-bond acceptors (Lipinski definition) is 5. The van der Waals surface area contributed by atoms with Gasteiger partial charge >= 0.3 is 6.03 Å². The van der Waals surface area contributed by atoms with E-state index in [1.54, 1.807) is 17.0 Å². The maximum absolute atomic E-state index is 13.4. The Hall–Kier alpha value is -3.61. The van der Waals surface area contributed by atoms with Gasteiger partial charge in [0.15, 0.2) is 17.3 Å². The zero-order valence-electron chi connectivity index (χ0n) is 19.0. The first-order chi connectivity index (χ1) is 17.1. The Morgan fingerprint density at radius 1 is 1.23 bits per heavy atom. The number of ether oxygens (including phenoxy) is 1. The van der Waals surface area contributed by atoms with Crippen LogP contribution in [0.1, 0.15) is 54.1 Å². The summed E-state index contributed by atoms with van der Waals surface area (Å²) in [5.74, 6) is 1.75. The minimum atomic E-state index is -0.251. The summed E-state index contributed by atoms with van der Waals surface area (Å²) in [5, 5.41) is 22.2. The van der Waals surface area contributed by atoms with Gasteiger partial charge in [0.05, 0.1) is 31.8 Å². The molecule has 0 bridgehead atoms. The minimum Gasteiger partial charge on any atom is -0.494 e. The molecule has 2 amide bonds. The van der Waals surface area contributed by atoms with E-state index in [9.17, 15) is 9.90 Å². The monoisotopic (exact) mass is 492 g/mol. The number of halogens is 1. The van der Waals surface area contributed by atoms with Crippen molar-refractivity contribution < 1.29 is 14.6 Å². The van der Waals surface area contributed by atoms with E-state index < -0.39 is 0 Å². The third kappa shape index (κ3) is 4.67. The lowest BCUT2D eigenvalue weighted by molar-refractivity contribution is 0.179. The number of aliphatic hydroxyl groups excluding tert-OH is 1. The van der Waals surface area contributed by atoms with Crippen molar-refractivity contribution in [3.05, 3.63) is 81.7 Å². The number of benzene rings is 2. The van der Waals surface area contributed by atoms with Crippen LogP contribution in [0, 0.1) is 6.57 Å². The number of hydrogen-bond donors (Lipinski definition) is 2. The van der Waals surface area contributed by atoms with Crippen molar-refractivity contribution in [2.24, 2.45) is 0 Å². The molecule has 0 saturated carbocycles. The Labute approximate surface area is 208 Å². The molecule has 180 valence electrons. The predicted octanol–water partition coefficient (Wildman–Crippen LogP) is 4.39. The number of nitrogens with one attached hydrogen (secondary N) is 1. The van der Waals surface area contributed by atoms with Gasteiger partial charge in [-0.15, -0.1) is 10.2 Å². The molecule has 0 spiro atoms. The van der Waals surface area contributed by atoms with Gasteiger partial charge in [0.25, 0.3) is 0 Å². The summed E-state index contributed by atoms with van der Waals surface area (Å²) in [6.45, 7) is 8.51. The van der Waals surface area contributed by atoms with Gasteiger partial charge in [0, 0.05) is 23.6 Å². The standard InChI is InChI=1S/C25H25ClN6O3/c1-27-18-8-9-19-20(10-12-35-22(19)13-18)28-25(34)31-11-2-3-21(31)24-30-29-23(15-33)32(24)14-16-4-6-17(26)7-5-16/h4-9,13,20-21,33H,2-3,10-12,14-15H2,(H,28,34)/t20-,21+/m0/s1. The Bertz CT molecular complexity index is 1270. The van der Waals surface area contributed by atoms with Gasteiger partial charge in [0.1, 0.15) is 12.4 Å². The van der Waals surface area contributed by atoms with E-state index in [-0.39, 0.29) is 24.7 Å². The highest BCUT2D eigenvalue weighted by atomic mass is 35.5. The van der Waals surface area contributed by atoms with Crippen LogP contribution in [0.5, 0.6) is 5.75 Å². The first kappa shape index (κ1) is 23.1.